The maximum absolute atomic E-state index is 9.12. The lowest BCUT2D eigenvalue weighted by molar-refractivity contribution is 0.794. The number of rotatable bonds is 7. The van der Waals surface area contributed by atoms with E-state index in [1.165, 1.54) is 27.8 Å². The van der Waals surface area contributed by atoms with Gasteiger partial charge >= 0.3 is 0 Å². The van der Waals surface area contributed by atoms with Gasteiger partial charge in [-0.3, -0.25) is 0 Å². The number of nitrogens with zero attached hydrogens (tertiary/aromatic N) is 2. The zero-order valence-electron chi connectivity index (χ0n) is 51.6. The molecule has 1 spiro atoms. The molecule has 2 aliphatic rings. The van der Waals surface area contributed by atoms with E-state index in [1.807, 2.05) is 48.5 Å². The molecule has 0 saturated heterocycles. The molecule has 0 unspecified atom stereocenters. The van der Waals surface area contributed by atoms with Gasteiger partial charge in [-0.2, -0.15) is 0 Å². The second-order valence-electron chi connectivity index (χ2n) is 17.3. The molecule has 0 atom stereocenters. The van der Waals surface area contributed by atoms with E-state index in [0.717, 1.165) is 60.2 Å². The van der Waals surface area contributed by atoms with E-state index in [0.29, 0.717) is 16.6 Å². The maximum atomic E-state index is 9.12. The van der Waals surface area contributed by atoms with Crippen molar-refractivity contribution in [2.45, 2.75) is 5.41 Å². The van der Waals surface area contributed by atoms with Crippen molar-refractivity contribution in [2.75, 3.05) is 4.90 Å². The van der Waals surface area contributed by atoms with E-state index in [4.69, 9.17) is 20.6 Å². The van der Waals surface area contributed by atoms with Gasteiger partial charge in [0.2, 0.25) is 0 Å². The third-order valence-corrected chi connectivity index (χ3v) is 13.9. The summed E-state index contributed by atoms with van der Waals surface area (Å²) in [7, 11) is 0. The molecule has 0 saturated carbocycles. The van der Waals surface area contributed by atoms with Crippen molar-refractivity contribution >= 4 is 38.9 Å². The molecule has 11 aromatic carbocycles. The van der Waals surface area contributed by atoms with Gasteiger partial charge in [0.1, 0.15) is 0 Å². The standard InChI is InChI=1S/C67H44N2/c1-4-19-50(20-5-1)68(51-21-6-2-7-22-51)53-38-35-45(36-39-53)47-41-48(43-49(42-47)54-29-18-34-65-66(54)59-28-13-17-33-64(59)69(65)52-23-8-3-9-24-52)46-37-40-58-57-27-12-16-32-62(57)67(63(58)44-46)60-30-14-10-25-55(60)56-26-11-15-31-61(56)67/h1-44H/i1D,2D,3D,4D,5D,6D,7D,8D,9D,19D,20D,21D,22D,23D,24D. The number of hydrogen-bond donors (Lipinski definition) is 0. The minimum absolute atomic E-state index is 0.0169. The van der Waals surface area contributed by atoms with Gasteiger partial charge in [-0.15, -0.1) is 0 Å². The summed E-state index contributed by atoms with van der Waals surface area (Å²) in [4.78, 5) is 1.13. The molecule has 1 heterocycles. The molecule has 14 rings (SSSR count). The highest BCUT2D eigenvalue weighted by Crippen LogP contribution is 2.63. The molecule has 0 aliphatic heterocycles. The number of anilines is 3. The molecule has 0 radical (unpaired) electrons. The topological polar surface area (TPSA) is 8.17 Å². The second-order valence-corrected chi connectivity index (χ2v) is 17.3. The number of para-hydroxylation sites is 4. The zero-order chi connectivity index (χ0) is 58.5. The molecular weight excluding hydrogens is 833 g/mol. The van der Waals surface area contributed by atoms with Crippen LogP contribution in [0.3, 0.4) is 0 Å². The van der Waals surface area contributed by atoms with E-state index in [-0.39, 0.29) is 23.5 Å². The summed E-state index contributed by atoms with van der Waals surface area (Å²) < 4.78 is 133. The van der Waals surface area contributed by atoms with E-state index >= 15 is 0 Å². The fraction of sp³-hybridized carbons (Fsp3) is 0.0149. The van der Waals surface area contributed by atoms with Gasteiger partial charge in [-0.05, 0) is 163 Å². The van der Waals surface area contributed by atoms with Crippen molar-refractivity contribution < 1.29 is 20.6 Å². The Morgan fingerprint density at radius 2 is 0.812 bits per heavy atom. The van der Waals surface area contributed by atoms with Crippen LogP contribution < -0.4 is 4.90 Å². The number of benzene rings is 11. The third-order valence-electron chi connectivity index (χ3n) is 13.9. The summed E-state index contributed by atoms with van der Waals surface area (Å²) >= 11 is 0. The molecule has 0 fully saturated rings. The van der Waals surface area contributed by atoms with Crippen LogP contribution in [0.1, 0.15) is 42.8 Å². The van der Waals surface area contributed by atoms with E-state index in [9.17, 15) is 0 Å². The van der Waals surface area contributed by atoms with Crippen LogP contribution in [-0.4, -0.2) is 4.57 Å². The first kappa shape index (κ1) is 27.0. The summed E-state index contributed by atoms with van der Waals surface area (Å²) in [5, 5.41) is 1.55. The Hall–Kier alpha value is -8.98. The Labute approximate surface area is 423 Å². The van der Waals surface area contributed by atoms with Crippen LogP contribution in [-0.2, 0) is 5.41 Å². The zero-order valence-corrected chi connectivity index (χ0v) is 36.6. The molecule has 0 N–H and O–H groups in total. The predicted octanol–water partition coefficient (Wildman–Crippen LogP) is 17.6. The SMILES string of the molecule is [2H]c1c([2H])c([2H])c(N(c2ccc(-c3cc(-c4ccc5c(c4)C4(c6ccccc6-c6ccccc64)c4ccccc4-5)cc(-c4cccc5c4c4ccccc4n5-c4c([2H])c([2H])c([2H])c([2H])c4[2H])c3)cc2)c2c([2H])c([2H])c([2H])c([2H])c2[2H])c([2H])c1[2H]. The van der Waals surface area contributed by atoms with Crippen LogP contribution in [0.4, 0.5) is 17.1 Å². The minimum Gasteiger partial charge on any atom is -0.311 e. The van der Waals surface area contributed by atoms with Gasteiger partial charge in [0.25, 0.3) is 0 Å². The minimum atomic E-state index is -0.668. The first-order chi connectivity index (χ1) is 40.4. The van der Waals surface area contributed by atoms with Crippen molar-refractivity contribution in [3.8, 4) is 61.3 Å². The molecular formula is C67H44N2. The van der Waals surface area contributed by atoms with Gasteiger partial charge in [0, 0.05) is 33.5 Å². The Morgan fingerprint density at radius 1 is 0.333 bits per heavy atom. The fourth-order valence-electron chi connectivity index (χ4n) is 11.1. The Kier molecular flexibility index (Phi) is 6.08. The lowest BCUT2D eigenvalue weighted by Gasteiger charge is -2.30. The van der Waals surface area contributed by atoms with Crippen LogP contribution in [0.2, 0.25) is 0 Å². The first-order valence-electron chi connectivity index (χ1n) is 30.2. The van der Waals surface area contributed by atoms with Gasteiger partial charge in [0.15, 0.2) is 0 Å². The van der Waals surface area contributed by atoms with Crippen LogP contribution >= 0.6 is 0 Å². The van der Waals surface area contributed by atoms with Crippen LogP contribution in [0.25, 0.3) is 83.1 Å². The lowest BCUT2D eigenvalue weighted by atomic mass is 9.70. The first-order valence-corrected chi connectivity index (χ1v) is 22.7. The van der Waals surface area contributed by atoms with Gasteiger partial charge in [-0.1, -0.05) is 182 Å². The summed E-state index contributed by atoms with van der Waals surface area (Å²) in [6, 6.07) is 50.2. The summed E-state index contributed by atoms with van der Waals surface area (Å²) in [6.07, 6.45) is 0. The monoisotopic (exact) mass is 891 g/mol. The van der Waals surface area contributed by atoms with Gasteiger partial charge in [-0.25, -0.2) is 0 Å². The van der Waals surface area contributed by atoms with Crippen LogP contribution in [0.5, 0.6) is 0 Å². The molecule has 12 aromatic rings. The van der Waals surface area contributed by atoms with Gasteiger partial charge < -0.3 is 9.47 Å². The van der Waals surface area contributed by atoms with E-state index < -0.39 is 95.3 Å². The summed E-state index contributed by atoms with van der Waals surface area (Å²) in [5.41, 5.74) is 13.9. The Morgan fingerprint density at radius 3 is 1.43 bits per heavy atom. The molecule has 2 aliphatic carbocycles. The Bertz CT molecular complexity index is 4660. The summed E-state index contributed by atoms with van der Waals surface area (Å²) in [6.45, 7) is 0. The number of hydrogen-bond acceptors (Lipinski definition) is 1. The van der Waals surface area contributed by atoms with Gasteiger partial charge in [0.05, 0.1) is 37.0 Å². The molecule has 0 bridgehead atoms. The van der Waals surface area contributed by atoms with Crippen molar-refractivity contribution in [3.05, 3.63) is 289 Å². The fourth-order valence-corrected chi connectivity index (χ4v) is 11.1. The van der Waals surface area contributed by atoms with Crippen molar-refractivity contribution in [2.24, 2.45) is 0 Å². The smallest absolute Gasteiger partial charge is 0.0725 e. The highest BCUT2D eigenvalue weighted by atomic mass is 15.1. The summed E-state index contributed by atoms with van der Waals surface area (Å²) in [5.74, 6) is 0. The number of aromatic nitrogens is 1. The molecule has 322 valence electrons. The predicted molar refractivity (Wildman–Crippen MR) is 288 cm³/mol. The van der Waals surface area contributed by atoms with E-state index in [1.54, 1.807) is 28.8 Å². The second kappa shape index (κ2) is 15.6. The maximum Gasteiger partial charge on any atom is 0.0725 e. The normalized spacial score (nSPS) is 15.8. The third kappa shape index (κ3) is 5.92. The van der Waals surface area contributed by atoms with Crippen molar-refractivity contribution in [1.82, 2.24) is 4.57 Å². The van der Waals surface area contributed by atoms with E-state index in [2.05, 4.69) is 103 Å². The lowest BCUT2D eigenvalue weighted by Crippen LogP contribution is -2.25. The quantitative estimate of drug-likeness (QED) is 0.155. The average Bonchev–Trinajstić information content (AvgIpc) is 1.60. The molecule has 2 nitrogen and oxygen atoms in total. The average molecular weight is 892 g/mol. The van der Waals surface area contributed by atoms with Crippen LogP contribution in [0, 0.1) is 0 Å². The highest BCUT2D eigenvalue weighted by molar-refractivity contribution is 6.16. The van der Waals surface area contributed by atoms with Crippen molar-refractivity contribution in [3.63, 3.8) is 0 Å². The van der Waals surface area contributed by atoms with Crippen LogP contribution in [0.15, 0.2) is 267 Å². The highest BCUT2D eigenvalue weighted by Gasteiger charge is 2.51. The molecule has 0 amide bonds. The Balaban J connectivity index is 1.02. The number of fused-ring (bicyclic) bond motifs is 13. The molecule has 69 heavy (non-hydrogen) atoms. The van der Waals surface area contributed by atoms with Crippen molar-refractivity contribution in [1.29, 1.82) is 0 Å². The largest absolute Gasteiger partial charge is 0.311 e. The molecule has 1 aromatic heterocycles. The molecule has 2 heteroatoms.